The SMILES string of the molecule is Cc1sc(NC(=O)C(Cl)(Cl)Cl)c(C#N)c1C. The summed E-state index contributed by atoms with van der Waals surface area (Å²) in [6.07, 6.45) is 0. The Morgan fingerprint density at radius 1 is 1.44 bits per heavy atom. The quantitative estimate of drug-likeness (QED) is 0.806. The Kier molecular flexibility index (Phi) is 4.08. The van der Waals surface area contributed by atoms with Gasteiger partial charge in [-0.1, -0.05) is 34.8 Å². The summed E-state index contributed by atoms with van der Waals surface area (Å²) in [4.78, 5) is 12.4. The highest BCUT2D eigenvalue weighted by Crippen LogP contribution is 2.34. The third-order valence-corrected chi connectivity index (χ3v) is 3.62. The Bertz CT molecular complexity index is 470. The molecule has 86 valence electrons. The maximum atomic E-state index is 11.4. The zero-order valence-corrected chi connectivity index (χ0v) is 11.5. The molecule has 0 unspecified atom stereocenters. The summed E-state index contributed by atoms with van der Waals surface area (Å²) in [6.45, 7) is 3.65. The van der Waals surface area contributed by atoms with Crippen LogP contribution in [-0.2, 0) is 4.79 Å². The van der Waals surface area contributed by atoms with Gasteiger partial charge in [-0.15, -0.1) is 11.3 Å². The normalized spacial score (nSPS) is 11.0. The summed E-state index contributed by atoms with van der Waals surface area (Å²) in [6, 6.07) is 2.01. The topological polar surface area (TPSA) is 52.9 Å². The van der Waals surface area contributed by atoms with Gasteiger partial charge in [0.1, 0.15) is 11.1 Å². The maximum Gasteiger partial charge on any atom is 0.277 e. The van der Waals surface area contributed by atoms with Crippen molar-refractivity contribution in [2.24, 2.45) is 0 Å². The van der Waals surface area contributed by atoms with Gasteiger partial charge >= 0.3 is 0 Å². The monoisotopic (exact) mass is 296 g/mol. The molecule has 0 aliphatic rings. The van der Waals surface area contributed by atoms with Crippen molar-refractivity contribution in [2.75, 3.05) is 5.32 Å². The Balaban J connectivity index is 3.04. The highest BCUT2D eigenvalue weighted by Gasteiger charge is 2.31. The predicted octanol–water partition coefficient (Wildman–Crippen LogP) is 3.55. The van der Waals surface area contributed by atoms with Crippen molar-refractivity contribution in [3.63, 3.8) is 0 Å². The summed E-state index contributed by atoms with van der Waals surface area (Å²) >= 11 is 17.5. The van der Waals surface area contributed by atoms with Crippen molar-refractivity contribution in [1.82, 2.24) is 0 Å². The molecular weight excluding hydrogens is 291 g/mol. The van der Waals surface area contributed by atoms with Crippen LogP contribution in [0.25, 0.3) is 0 Å². The molecule has 1 aromatic heterocycles. The Morgan fingerprint density at radius 3 is 2.44 bits per heavy atom. The first-order valence-corrected chi connectivity index (χ1v) is 6.10. The van der Waals surface area contributed by atoms with E-state index < -0.39 is 9.70 Å². The average molecular weight is 298 g/mol. The number of nitrogens with one attached hydrogen (secondary N) is 1. The molecular formula is C9H7Cl3N2OS. The number of thiophene rings is 1. The molecule has 1 amide bonds. The lowest BCUT2D eigenvalue weighted by molar-refractivity contribution is -0.115. The summed E-state index contributed by atoms with van der Waals surface area (Å²) in [5.41, 5.74) is 1.23. The first-order valence-electron chi connectivity index (χ1n) is 4.15. The Morgan fingerprint density at radius 2 is 2.00 bits per heavy atom. The van der Waals surface area contributed by atoms with E-state index >= 15 is 0 Å². The van der Waals surface area contributed by atoms with Crippen molar-refractivity contribution in [2.45, 2.75) is 17.6 Å². The molecule has 0 saturated carbocycles. The number of alkyl halides is 3. The van der Waals surface area contributed by atoms with Gasteiger partial charge < -0.3 is 5.32 Å². The fraction of sp³-hybridized carbons (Fsp3) is 0.333. The largest absolute Gasteiger partial charge is 0.313 e. The van der Waals surface area contributed by atoms with E-state index in [0.29, 0.717) is 10.6 Å². The molecule has 1 rings (SSSR count). The lowest BCUT2D eigenvalue weighted by Gasteiger charge is -2.09. The second kappa shape index (κ2) is 4.80. The summed E-state index contributed by atoms with van der Waals surface area (Å²) in [7, 11) is 0. The molecule has 0 saturated heterocycles. The van der Waals surface area contributed by atoms with Gasteiger partial charge in [0.25, 0.3) is 9.70 Å². The van der Waals surface area contributed by atoms with Gasteiger partial charge in [-0.25, -0.2) is 0 Å². The van der Waals surface area contributed by atoms with E-state index in [1.165, 1.54) is 11.3 Å². The minimum atomic E-state index is -2.03. The zero-order chi connectivity index (χ0) is 12.5. The van der Waals surface area contributed by atoms with Crippen LogP contribution in [0.15, 0.2) is 0 Å². The highest BCUT2D eigenvalue weighted by atomic mass is 35.6. The van der Waals surface area contributed by atoms with Crippen molar-refractivity contribution >= 4 is 57.0 Å². The molecule has 0 aliphatic carbocycles. The number of carbonyl (C=O) groups is 1. The van der Waals surface area contributed by atoms with Crippen LogP contribution in [0.1, 0.15) is 16.0 Å². The number of nitriles is 1. The van der Waals surface area contributed by atoms with Crippen molar-refractivity contribution in [3.8, 4) is 6.07 Å². The van der Waals surface area contributed by atoms with Gasteiger partial charge in [-0.05, 0) is 19.4 Å². The van der Waals surface area contributed by atoms with Crippen LogP contribution in [0.4, 0.5) is 5.00 Å². The molecule has 3 nitrogen and oxygen atoms in total. The fourth-order valence-electron chi connectivity index (χ4n) is 1.02. The standard InChI is InChI=1S/C9H7Cl3N2OS/c1-4-5(2)16-7(6(4)3-13)14-8(15)9(10,11)12/h1-2H3,(H,14,15). The molecule has 7 heteroatoms. The third kappa shape index (κ3) is 2.80. The third-order valence-electron chi connectivity index (χ3n) is 1.98. The maximum absolute atomic E-state index is 11.4. The van der Waals surface area contributed by atoms with E-state index in [2.05, 4.69) is 5.32 Å². The van der Waals surface area contributed by atoms with Crippen LogP contribution in [0.5, 0.6) is 0 Å². The summed E-state index contributed by atoms with van der Waals surface area (Å²) < 4.78 is -2.03. The number of hydrogen-bond acceptors (Lipinski definition) is 3. The molecule has 0 spiro atoms. The van der Waals surface area contributed by atoms with Crippen molar-refractivity contribution in [1.29, 1.82) is 5.26 Å². The van der Waals surface area contributed by atoms with Crippen LogP contribution in [0, 0.1) is 25.2 Å². The smallest absolute Gasteiger partial charge is 0.277 e. The molecule has 1 aromatic rings. The molecule has 0 bridgehead atoms. The van der Waals surface area contributed by atoms with Gasteiger partial charge in [-0.2, -0.15) is 5.26 Å². The molecule has 1 heterocycles. The number of nitrogens with zero attached hydrogens (tertiary/aromatic N) is 1. The molecule has 0 atom stereocenters. The predicted molar refractivity (Wildman–Crippen MR) is 67.4 cm³/mol. The average Bonchev–Trinajstić information content (AvgIpc) is 2.41. The highest BCUT2D eigenvalue weighted by molar-refractivity contribution is 7.16. The van der Waals surface area contributed by atoms with Gasteiger partial charge in [0.05, 0.1) is 5.56 Å². The minimum absolute atomic E-state index is 0.408. The second-order valence-electron chi connectivity index (χ2n) is 3.05. The summed E-state index contributed by atoms with van der Waals surface area (Å²) in [5, 5.41) is 11.8. The molecule has 16 heavy (non-hydrogen) atoms. The van der Waals surface area contributed by atoms with E-state index in [0.717, 1.165) is 10.4 Å². The van der Waals surface area contributed by atoms with E-state index in [1.807, 2.05) is 13.0 Å². The Labute approximate surface area is 112 Å². The van der Waals surface area contributed by atoms with E-state index in [9.17, 15) is 4.79 Å². The van der Waals surface area contributed by atoms with Gasteiger partial charge in [0.2, 0.25) is 0 Å². The molecule has 0 radical (unpaired) electrons. The van der Waals surface area contributed by atoms with Gasteiger partial charge in [-0.3, -0.25) is 4.79 Å². The number of rotatable bonds is 1. The number of hydrogen-bond donors (Lipinski definition) is 1. The van der Waals surface area contributed by atoms with Crippen LogP contribution >= 0.6 is 46.1 Å². The van der Waals surface area contributed by atoms with Crippen LogP contribution in [0.2, 0.25) is 0 Å². The van der Waals surface area contributed by atoms with E-state index in [4.69, 9.17) is 40.1 Å². The lowest BCUT2D eigenvalue weighted by Crippen LogP contribution is -2.26. The lowest BCUT2D eigenvalue weighted by atomic mass is 10.2. The van der Waals surface area contributed by atoms with Gasteiger partial charge in [0, 0.05) is 4.88 Å². The molecule has 0 fully saturated rings. The van der Waals surface area contributed by atoms with Crippen LogP contribution < -0.4 is 5.32 Å². The number of amides is 1. The minimum Gasteiger partial charge on any atom is -0.313 e. The molecule has 0 aromatic carbocycles. The van der Waals surface area contributed by atoms with Gasteiger partial charge in [0.15, 0.2) is 0 Å². The number of halogens is 3. The van der Waals surface area contributed by atoms with Crippen molar-refractivity contribution < 1.29 is 4.79 Å². The molecule has 1 N–H and O–H groups in total. The first-order chi connectivity index (χ1) is 7.27. The summed E-state index contributed by atoms with van der Waals surface area (Å²) in [5.74, 6) is -0.768. The fourth-order valence-corrected chi connectivity index (χ4v) is 2.17. The van der Waals surface area contributed by atoms with E-state index in [1.54, 1.807) is 6.92 Å². The molecule has 0 aliphatic heterocycles. The zero-order valence-electron chi connectivity index (χ0n) is 8.40. The Hall–Kier alpha value is -0.470. The van der Waals surface area contributed by atoms with Crippen LogP contribution in [-0.4, -0.2) is 9.70 Å². The number of carbonyl (C=O) groups excluding carboxylic acids is 1. The number of aryl methyl sites for hydroxylation is 1. The number of anilines is 1. The second-order valence-corrected chi connectivity index (χ2v) is 6.56. The van der Waals surface area contributed by atoms with Crippen molar-refractivity contribution in [3.05, 3.63) is 16.0 Å². The first kappa shape index (κ1) is 13.6. The van der Waals surface area contributed by atoms with E-state index in [-0.39, 0.29) is 0 Å². The van der Waals surface area contributed by atoms with Crippen LogP contribution in [0.3, 0.4) is 0 Å².